The smallest absolute Gasteiger partial charge is 0.335 e. The predicted molar refractivity (Wildman–Crippen MR) is 67.3 cm³/mol. The largest absolute Gasteiger partial charge is 0.416 e. The van der Waals surface area contributed by atoms with Crippen molar-refractivity contribution in [3.8, 4) is 0 Å². The molecule has 0 fully saturated rings. The standard InChI is InChI=1S/C14H12F4N2O/c1-2-20-6-5-19-13(20)8-12(21)10-7-9(14(16,17)18)3-4-11(10)15/h3-7H,2,8H2,1H3. The maximum Gasteiger partial charge on any atom is 0.416 e. The van der Waals surface area contributed by atoms with Crippen molar-refractivity contribution in [1.82, 2.24) is 9.55 Å². The van der Waals surface area contributed by atoms with Crippen molar-refractivity contribution < 1.29 is 22.4 Å². The minimum atomic E-state index is -4.62. The first-order valence-corrected chi connectivity index (χ1v) is 6.23. The van der Waals surface area contributed by atoms with Crippen LogP contribution in [0.25, 0.3) is 0 Å². The third-order valence-corrected chi connectivity index (χ3v) is 3.06. The highest BCUT2D eigenvalue weighted by atomic mass is 19.4. The quantitative estimate of drug-likeness (QED) is 0.640. The number of ketones is 1. The molecule has 7 heteroatoms. The normalized spacial score (nSPS) is 11.7. The van der Waals surface area contributed by atoms with E-state index in [1.54, 1.807) is 10.8 Å². The zero-order valence-corrected chi connectivity index (χ0v) is 11.1. The number of imidazole rings is 1. The third-order valence-electron chi connectivity index (χ3n) is 3.06. The molecule has 0 amide bonds. The Bertz CT molecular complexity index is 661. The number of aromatic nitrogens is 2. The van der Waals surface area contributed by atoms with E-state index in [1.807, 2.05) is 6.92 Å². The number of hydrogen-bond acceptors (Lipinski definition) is 2. The van der Waals surface area contributed by atoms with Crippen LogP contribution in [0, 0.1) is 5.82 Å². The first-order valence-electron chi connectivity index (χ1n) is 6.23. The third kappa shape index (κ3) is 3.29. The van der Waals surface area contributed by atoms with Gasteiger partial charge in [-0.2, -0.15) is 13.2 Å². The molecule has 0 radical (unpaired) electrons. The summed E-state index contributed by atoms with van der Waals surface area (Å²) < 4.78 is 53.1. The number of carbonyl (C=O) groups is 1. The SMILES string of the molecule is CCn1ccnc1CC(=O)c1cc(C(F)(F)F)ccc1F. The van der Waals surface area contributed by atoms with Gasteiger partial charge in [-0.3, -0.25) is 4.79 Å². The average Bonchev–Trinajstić information content (AvgIpc) is 2.84. The Labute approximate surface area is 118 Å². The molecule has 2 rings (SSSR count). The fourth-order valence-electron chi connectivity index (χ4n) is 1.95. The van der Waals surface area contributed by atoms with Crippen LogP contribution in [0.15, 0.2) is 30.6 Å². The summed E-state index contributed by atoms with van der Waals surface area (Å²) in [6.45, 7) is 2.40. The van der Waals surface area contributed by atoms with Crippen LogP contribution >= 0.6 is 0 Å². The van der Waals surface area contributed by atoms with Crippen molar-refractivity contribution in [2.45, 2.75) is 26.1 Å². The second-order valence-electron chi connectivity index (χ2n) is 4.42. The Kier molecular flexibility index (Phi) is 4.11. The summed E-state index contributed by atoms with van der Waals surface area (Å²) in [5.41, 5.74) is -1.62. The molecule has 1 aromatic carbocycles. The molecule has 112 valence electrons. The zero-order chi connectivity index (χ0) is 15.6. The number of nitrogens with zero attached hydrogens (tertiary/aromatic N) is 2. The van der Waals surface area contributed by atoms with Crippen molar-refractivity contribution in [3.63, 3.8) is 0 Å². The monoisotopic (exact) mass is 300 g/mol. The zero-order valence-electron chi connectivity index (χ0n) is 11.1. The van der Waals surface area contributed by atoms with Gasteiger partial charge in [-0.05, 0) is 25.1 Å². The molecule has 0 aliphatic heterocycles. The topological polar surface area (TPSA) is 34.9 Å². The molecule has 0 saturated carbocycles. The summed E-state index contributed by atoms with van der Waals surface area (Å²) in [5, 5.41) is 0. The molecule has 0 bridgehead atoms. The lowest BCUT2D eigenvalue weighted by molar-refractivity contribution is -0.137. The van der Waals surface area contributed by atoms with Crippen LogP contribution in [0.4, 0.5) is 17.6 Å². The van der Waals surface area contributed by atoms with Gasteiger partial charge in [0.15, 0.2) is 5.78 Å². The summed E-state index contributed by atoms with van der Waals surface area (Å²) in [4.78, 5) is 16.0. The van der Waals surface area contributed by atoms with Crippen molar-refractivity contribution in [3.05, 3.63) is 53.4 Å². The van der Waals surface area contributed by atoms with E-state index in [0.717, 1.165) is 0 Å². The van der Waals surface area contributed by atoms with Crippen LogP contribution in [-0.2, 0) is 19.1 Å². The Hall–Kier alpha value is -2.18. The minimum Gasteiger partial charge on any atom is -0.335 e. The van der Waals surface area contributed by atoms with Crippen molar-refractivity contribution >= 4 is 5.78 Å². The molecule has 0 N–H and O–H groups in total. The summed E-state index contributed by atoms with van der Waals surface area (Å²) in [6, 6.07) is 1.80. The van der Waals surface area contributed by atoms with Gasteiger partial charge in [-0.1, -0.05) is 0 Å². The number of carbonyl (C=O) groups excluding carboxylic acids is 1. The Morgan fingerprint density at radius 2 is 2.05 bits per heavy atom. The second kappa shape index (κ2) is 5.67. The highest BCUT2D eigenvalue weighted by molar-refractivity contribution is 5.97. The lowest BCUT2D eigenvalue weighted by Crippen LogP contribution is -2.13. The van der Waals surface area contributed by atoms with Crippen LogP contribution in [0.2, 0.25) is 0 Å². The molecule has 3 nitrogen and oxygen atoms in total. The molecule has 0 spiro atoms. The van der Waals surface area contributed by atoms with E-state index in [9.17, 15) is 22.4 Å². The average molecular weight is 300 g/mol. The van der Waals surface area contributed by atoms with Gasteiger partial charge in [0, 0.05) is 18.9 Å². The highest BCUT2D eigenvalue weighted by Crippen LogP contribution is 2.30. The number of hydrogen-bond donors (Lipinski definition) is 0. The Balaban J connectivity index is 2.31. The van der Waals surface area contributed by atoms with Gasteiger partial charge in [-0.25, -0.2) is 9.37 Å². The van der Waals surface area contributed by atoms with Crippen LogP contribution in [0.3, 0.4) is 0 Å². The fraction of sp³-hybridized carbons (Fsp3) is 0.286. The lowest BCUT2D eigenvalue weighted by Gasteiger charge is -2.09. The maximum atomic E-state index is 13.6. The lowest BCUT2D eigenvalue weighted by atomic mass is 10.0. The molecule has 0 aliphatic carbocycles. The van der Waals surface area contributed by atoms with Crippen LogP contribution in [0.1, 0.15) is 28.7 Å². The molecule has 2 aromatic rings. The maximum absolute atomic E-state index is 13.6. The molecule has 1 heterocycles. The van der Waals surface area contributed by atoms with Gasteiger partial charge in [-0.15, -0.1) is 0 Å². The van der Waals surface area contributed by atoms with Gasteiger partial charge >= 0.3 is 6.18 Å². The first-order chi connectivity index (χ1) is 9.82. The summed E-state index contributed by atoms with van der Waals surface area (Å²) in [7, 11) is 0. The summed E-state index contributed by atoms with van der Waals surface area (Å²) >= 11 is 0. The van der Waals surface area contributed by atoms with E-state index in [-0.39, 0.29) is 6.42 Å². The fourth-order valence-corrected chi connectivity index (χ4v) is 1.95. The van der Waals surface area contributed by atoms with E-state index in [4.69, 9.17) is 0 Å². The highest BCUT2D eigenvalue weighted by Gasteiger charge is 2.32. The first kappa shape index (κ1) is 15.2. The molecular formula is C14H12F4N2O. The minimum absolute atomic E-state index is 0.251. The predicted octanol–water partition coefficient (Wildman–Crippen LogP) is 3.49. The van der Waals surface area contributed by atoms with E-state index >= 15 is 0 Å². The summed E-state index contributed by atoms with van der Waals surface area (Å²) in [5.74, 6) is -1.32. The van der Waals surface area contributed by atoms with E-state index in [1.165, 1.54) is 6.20 Å². The number of halogens is 4. The van der Waals surface area contributed by atoms with Crippen LogP contribution in [0.5, 0.6) is 0 Å². The van der Waals surface area contributed by atoms with Crippen LogP contribution < -0.4 is 0 Å². The van der Waals surface area contributed by atoms with Gasteiger partial charge in [0.2, 0.25) is 0 Å². The number of rotatable bonds is 4. The number of aryl methyl sites for hydroxylation is 1. The van der Waals surface area contributed by atoms with Gasteiger partial charge in [0.25, 0.3) is 0 Å². The van der Waals surface area contributed by atoms with Crippen molar-refractivity contribution in [2.75, 3.05) is 0 Å². The van der Waals surface area contributed by atoms with E-state index in [2.05, 4.69) is 4.98 Å². The van der Waals surface area contributed by atoms with Gasteiger partial charge < -0.3 is 4.57 Å². The molecule has 0 saturated heterocycles. The molecule has 0 aliphatic rings. The molecule has 1 aromatic heterocycles. The van der Waals surface area contributed by atoms with Crippen molar-refractivity contribution in [1.29, 1.82) is 0 Å². The van der Waals surface area contributed by atoms with E-state index in [0.29, 0.717) is 30.6 Å². The molecule has 0 unspecified atom stereocenters. The number of alkyl halides is 3. The van der Waals surface area contributed by atoms with E-state index < -0.39 is 28.9 Å². The molecular weight excluding hydrogens is 288 g/mol. The number of benzene rings is 1. The van der Waals surface area contributed by atoms with Crippen molar-refractivity contribution in [2.24, 2.45) is 0 Å². The van der Waals surface area contributed by atoms with Crippen LogP contribution in [-0.4, -0.2) is 15.3 Å². The molecule has 0 atom stereocenters. The van der Waals surface area contributed by atoms with Gasteiger partial charge in [0.05, 0.1) is 17.5 Å². The Morgan fingerprint density at radius 1 is 1.33 bits per heavy atom. The molecule has 21 heavy (non-hydrogen) atoms. The Morgan fingerprint density at radius 3 is 2.67 bits per heavy atom. The number of Topliss-reactive ketones (excluding diaryl/α,β-unsaturated/α-hetero) is 1. The van der Waals surface area contributed by atoms with Gasteiger partial charge in [0.1, 0.15) is 11.6 Å². The second-order valence-corrected chi connectivity index (χ2v) is 4.42. The summed E-state index contributed by atoms with van der Waals surface area (Å²) in [6.07, 6.45) is -1.75.